The third-order valence-corrected chi connectivity index (χ3v) is 4.44. The van der Waals surface area contributed by atoms with Gasteiger partial charge in [0.25, 0.3) is 0 Å². The molecule has 0 saturated carbocycles. The van der Waals surface area contributed by atoms with Crippen molar-refractivity contribution in [3.63, 3.8) is 0 Å². The number of hydrogen-bond donors (Lipinski definition) is 1. The molecule has 0 radical (unpaired) electrons. The van der Waals surface area contributed by atoms with Crippen LogP contribution in [0.15, 0.2) is 48.9 Å². The molecule has 3 rings (SSSR count). The summed E-state index contributed by atoms with van der Waals surface area (Å²) in [6.45, 7) is 2.53. The van der Waals surface area contributed by atoms with E-state index >= 15 is 0 Å². The Morgan fingerprint density at radius 1 is 1.23 bits per heavy atom. The average Bonchev–Trinajstić information content (AvgIpc) is 3.09. The van der Waals surface area contributed by atoms with Gasteiger partial charge in [0.05, 0.1) is 32.0 Å². The number of carbonyl (C=O) groups is 1. The van der Waals surface area contributed by atoms with Gasteiger partial charge in [-0.15, -0.1) is 0 Å². The number of ether oxygens (including phenoxy) is 2. The van der Waals surface area contributed by atoms with Crippen molar-refractivity contribution in [3.05, 3.63) is 54.5 Å². The predicted octanol–water partition coefficient (Wildman–Crippen LogP) is 3.32. The molecule has 1 aromatic carbocycles. The molecular weight excluding hydrogens is 330 g/mol. The zero-order valence-corrected chi connectivity index (χ0v) is 15.2. The second kappa shape index (κ2) is 7.91. The van der Waals surface area contributed by atoms with Crippen LogP contribution < -0.4 is 14.8 Å². The summed E-state index contributed by atoms with van der Waals surface area (Å²) in [6.07, 6.45) is 5.95. The van der Waals surface area contributed by atoms with E-state index in [1.807, 2.05) is 54.2 Å². The van der Waals surface area contributed by atoms with Crippen LogP contribution in [0.25, 0.3) is 10.9 Å². The Hall–Kier alpha value is -3.02. The van der Waals surface area contributed by atoms with Gasteiger partial charge in [0.15, 0.2) is 0 Å². The molecule has 1 N–H and O–H groups in total. The molecule has 0 saturated heterocycles. The van der Waals surface area contributed by atoms with Crippen LogP contribution in [0.2, 0.25) is 0 Å². The van der Waals surface area contributed by atoms with Crippen molar-refractivity contribution in [3.8, 4) is 11.5 Å². The van der Waals surface area contributed by atoms with Gasteiger partial charge in [0, 0.05) is 36.3 Å². The number of fused-ring (bicyclic) bond motifs is 1. The topological polar surface area (TPSA) is 65.4 Å². The van der Waals surface area contributed by atoms with E-state index in [0.29, 0.717) is 13.0 Å². The van der Waals surface area contributed by atoms with E-state index in [-0.39, 0.29) is 11.9 Å². The summed E-state index contributed by atoms with van der Waals surface area (Å²) in [7, 11) is 3.23. The van der Waals surface area contributed by atoms with Crippen molar-refractivity contribution in [2.75, 3.05) is 14.2 Å². The molecule has 6 nitrogen and oxygen atoms in total. The van der Waals surface area contributed by atoms with Crippen LogP contribution in [0, 0.1) is 0 Å². The van der Waals surface area contributed by atoms with Gasteiger partial charge in [0.1, 0.15) is 11.5 Å². The van der Waals surface area contributed by atoms with E-state index in [9.17, 15) is 4.79 Å². The van der Waals surface area contributed by atoms with Gasteiger partial charge >= 0.3 is 0 Å². The first-order valence-electron chi connectivity index (χ1n) is 8.52. The second-order valence-corrected chi connectivity index (χ2v) is 6.09. The lowest BCUT2D eigenvalue weighted by molar-refractivity contribution is -0.121. The summed E-state index contributed by atoms with van der Waals surface area (Å²) in [6, 6.07) is 9.37. The van der Waals surface area contributed by atoms with E-state index in [1.165, 1.54) is 0 Å². The van der Waals surface area contributed by atoms with Crippen LogP contribution >= 0.6 is 0 Å². The molecule has 0 bridgehead atoms. The van der Waals surface area contributed by atoms with Gasteiger partial charge in [-0.05, 0) is 37.3 Å². The highest BCUT2D eigenvalue weighted by atomic mass is 16.5. The molecule has 2 heterocycles. The minimum absolute atomic E-state index is 0.0203. The Kier molecular flexibility index (Phi) is 5.41. The van der Waals surface area contributed by atoms with Crippen molar-refractivity contribution in [2.24, 2.45) is 0 Å². The number of aromatic nitrogens is 2. The van der Waals surface area contributed by atoms with Crippen molar-refractivity contribution in [1.82, 2.24) is 14.9 Å². The molecule has 0 aliphatic rings. The maximum absolute atomic E-state index is 12.4. The van der Waals surface area contributed by atoms with Crippen molar-refractivity contribution in [2.45, 2.75) is 25.9 Å². The molecule has 0 spiro atoms. The van der Waals surface area contributed by atoms with Gasteiger partial charge in [-0.3, -0.25) is 9.78 Å². The molecular formula is C20H23N3O3. The number of methoxy groups -OCH3 is 2. The lowest BCUT2D eigenvalue weighted by atomic mass is 10.1. The number of hydrogen-bond acceptors (Lipinski definition) is 4. The Bertz CT molecular complexity index is 904. The third-order valence-electron chi connectivity index (χ3n) is 4.44. The lowest BCUT2D eigenvalue weighted by Gasteiger charge is -2.18. The van der Waals surface area contributed by atoms with E-state index in [0.717, 1.165) is 28.0 Å². The molecule has 136 valence electrons. The maximum atomic E-state index is 12.4. The molecule has 0 fully saturated rings. The predicted molar refractivity (Wildman–Crippen MR) is 100 cm³/mol. The Balaban J connectivity index is 1.64. The minimum Gasteiger partial charge on any atom is -0.497 e. The summed E-state index contributed by atoms with van der Waals surface area (Å²) < 4.78 is 12.7. The summed E-state index contributed by atoms with van der Waals surface area (Å²) in [5.74, 6) is 1.43. The molecule has 1 unspecified atom stereocenters. The Morgan fingerprint density at radius 2 is 2.08 bits per heavy atom. The van der Waals surface area contributed by atoms with Crippen LogP contribution in [0.1, 0.15) is 24.9 Å². The zero-order chi connectivity index (χ0) is 18.5. The summed E-state index contributed by atoms with van der Waals surface area (Å²) in [5, 5.41) is 4.15. The zero-order valence-electron chi connectivity index (χ0n) is 15.2. The number of nitrogens with one attached hydrogen (secondary N) is 1. The van der Waals surface area contributed by atoms with Crippen LogP contribution in [0.5, 0.6) is 11.5 Å². The quantitative estimate of drug-likeness (QED) is 0.708. The first kappa shape index (κ1) is 17.8. The largest absolute Gasteiger partial charge is 0.497 e. The fourth-order valence-electron chi connectivity index (χ4n) is 3.01. The van der Waals surface area contributed by atoms with Crippen LogP contribution in [-0.2, 0) is 11.3 Å². The third kappa shape index (κ3) is 3.79. The second-order valence-electron chi connectivity index (χ2n) is 6.09. The molecule has 0 aliphatic heterocycles. The van der Waals surface area contributed by atoms with E-state index in [4.69, 9.17) is 9.47 Å². The minimum atomic E-state index is -0.185. The van der Waals surface area contributed by atoms with Gasteiger partial charge in [-0.2, -0.15) is 0 Å². The van der Waals surface area contributed by atoms with Gasteiger partial charge in [-0.1, -0.05) is 0 Å². The first-order valence-corrected chi connectivity index (χ1v) is 8.52. The van der Waals surface area contributed by atoms with Crippen LogP contribution in [0.3, 0.4) is 0 Å². The number of nitrogens with zero attached hydrogens (tertiary/aromatic N) is 2. The van der Waals surface area contributed by atoms with Crippen molar-refractivity contribution >= 4 is 16.8 Å². The molecule has 1 amide bonds. The monoisotopic (exact) mass is 353 g/mol. The number of carbonyl (C=O) groups excluding carboxylic acids is 1. The number of rotatable bonds is 7. The van der Waals surface area contributed by atoms with E-state index < -0.39 is 0 Å². The first-order chi connectivity index (χ1) is 12.6. The van der Waals surface area contributed by atoms with Crippen molar-refractivity contribution < 1.29 is 14.3 Å². The fraction of sp³-hybridized carbons (Fsp3) is 0.300. The smallest absolute Gasteiger partial charge is 0.222 e. The van der Waals surface area contributed by atoms with Gasteiger partial charge < -0.3 is 19.4 Å². The number of pyridine rings is 1. The average molecular weight is 353 g/mol. The molecule has 3 aromatic rings. The van der Waals surface area contributed by atoms with Crippen LogP contribution in [-0.4, -0.2) is 29.7 Å². The molecule has 1 atom stereocenters. The standard InChI is InChI=1S/C20H23N3O3/c1-14(17-12-16(25-2)4-5-19(17)26-3)22-20(24)8-11-23-10-7-15-6-9-21-13-18(15)23/h4-7,9-10,12-14H,8,11H2,1-3H3,(H,22,24). The highest BCUT2D eigenvalue weighted by molar-refractivity contribution is 5.80. The molecule has 26 heavy (non-hydrogen) atoms. The summed E-state index contributed by atoms with van der Waals surface area (Å²) >= 11 is 0. The van der Waals surface area contributed by atoms with E-state index in [1.54, 1.807) is 20.4 Å². The van der Waals surface area contributed by atoms with Gasteiger partial charge in [0.2, 0.25) is 5.91 Å². The normalized spacial score (nSPS) is 12.0. The molecule has 2 aromatic heterocycles. The highest BCUT2D eigenvalue weighted by Crippen LogP contribution is 2.29. The summed E-state index contributed by atoms with van der Waals surface area (Å²) in [4.78, 5) is 16.5. The molecule has 6 heteroatoms. The lowest BCUT2D eigenvalue weighted by Crippen LogP contribution is -2.27. The summed E-state index contributed by atoms with van der Waals surface area (Å²) in [5.41, 5.74) is 1.92. The number of benzene rings is 1. The van der Waals surface area contributed by atoms with Crippen LogP contribution in [0.4, 0.5) is 0 Å². The highest BCUT2D eigenvalue weighted by Gasteiger charge is 2.15. The van der Waals surface area contributed by atoms with Gasteiger partial charge in [-0.25, -0.2) is 0 Å². The number of amides is 1. The SMILES string of the molecule is COc1ccc(OC)c(C(C)NC(=O)CCn2ccc3ccncc32)c1. The molecule has 0 aliphatic carbocycles. The number of aryl methyl sites for hydroxylation is 1. The van der Waals surface area contributed by atoms with Crippen molar-refractivity contribution in [1.29, 1.82) is 0 Å². The fourth-order valence-corrected chi connectivity index (χ4v) is 3.01. The maximum Gasteiger partial charge on any atom is 0.222 e. The van der Waals surface area contributed by atoms with E-state index in [2.05, 4.69) is 10.3 Å². The Labute approximate surface area is 152 Å². The Morgan fingerprint density at radius 3 is 2.85 bits per heavy atom.